The first-order valence-electron chi connectivity index (χ1n) is 14.2. The molecule has 1 unspecified atom stereocenters. The molecule has 6 bridgehead atoms. The Labute approximate surface area is 228 Å². The van der Waals surface area contributed by atoms with E-state index in [4.69, 9.17) is 4.98 Å². The van der Waals surface area contributed by atoms with Crippen molar-refractivity contribution in [2.24, 2.45) is 5.92 Å². The van der Waals surface area contributed by atoms with Crippen LogP contribution in [0.5, 0.6) is 0 Å². The minimum absolute atomic E-state index is 0.207. The highest BCUT2D eigenvalue weighted by Crippen LogP contribution is 2.38. The summed E-state index contributed by atoms with van der Waals surface area (Å²) in [6.45, 7) is 10.8. The van der Waals surface area contributed by atoms with Gasteiger partial charge in [0.15, 0.2) is 5.82 Å². The van der Waals surface area contributed by atoms with Gasteiger partial charge in [0.25, 0.3) is 0 Å². The first kappa shape index (κ1) is 25.7. The molecule has 2 aromatic heterocycles. The van der Waals surface area contributed by atoms with Gasteiger partial charge in [0.05, 0.1) is 5.39 Å². The average molecular weight is 528 g/mol. The number of aryl methyl sites for hydroxylation is 3. The van der Waals surface area contributed by atoms with Crippen LogP contribution in [0.2, 0.25) is 0 Å². The molecule has 1 fully saturated rings. The van der Waals surface area contributed by atoms with Gasteiger partial charge >= 0.3 is 0 Å². The number of aromatic nitrogens is 3. The SMILES string of the molecule is C=C1CCCc2c(F)ccc3cc(C)cc(c23)-c2ncc3c(nc(CC)nc3c2F)N2CCCC(CCN1)C2. The third-order valence-electron chi connectivity index (χ3n) is 8.25. The molecular formula is C32H35F2N5. The number of nitrogens with zero attached hydrogens (tertiary/aromatic N) is 4. The molecule has 1 atom stereocenters. The minimum Gasteiger partial charge on any atom is -0.389 e. The highest BCUT2D eigenvalue weighted by Gasteiger charge is 2.26. The maximum atomic E-state index is 16.5. The van der Waals surface area contributed by atoms with E-state index < -0.39 is 5.82 Å². The molecule has 0 saturated carbocycles. The van der Waals surface area contributed by atoms with Crippen LogP contribution < -0.4 is 10.2 Å². The molecule has 0 spiro atoms. The second kappa shape index (κ2) is 10.5. The summed E-state index contributed by atoms with van der Waals surface area (Å²) in [5.41, 5.74) is 3.64. The van der Waals surface area contributed by atoms with Gasteiger partial charge in [0, 0.05) is 43.5 Å². The van der Waals surface area contributed by atoms with Crippen LogP contribution in [0.1, 0.15) is 56.0 Å². The van der Waals surface area contributed by atoms with Crippen LogP contribution in [-0.4, -0.2) is 34.6 Å². The predicted molar refractivity (Wildman–Crippen MR) is 154 cm³/mol. The predicted octanol–water partition coefficient (Wildman–Crippen LogP) is 7.04. The Kier molecular flexibility index (Phi) is 6.92. The lowest BCUT2D eigenvalue weighted by atomic mass is 9.91. The topological polar surface area (TPSA) is 53.9 Å². The van der Waals surface area contributed by atoms with E-state index in [-0.39, 0.29) is 17.0 Å². The third-order valence-corrected chi connectivity index (χ3v) is 8.25. The molecule has 3 aliphatic heterocycles. The monoisotopic (exact) mass is 527 g/mol. The van der Waals surface area contributed by atoms with Gasteiger partial charge in [0.1, 0.15) is 28.7 Å². The van der Waals surface area contributed by atoms with E-state index in [2.05, 4.69) is 26.8 Å². The highest BCUT2D eigenvalue weighted by atomic mass is 19.1. The lowest BCUT2D eigenvalue weighted by molar-refractivity contribution is 0.386. The second-order valence-corrected chi connectivity index (χ2v) is 11.1. The number of allylic oxidation sites excluding steroid dienone is 1. The number of pyridine rings is 1. The van der Waals surface area contributed by atoms with Crippen LogP contribution in [0.4, 0.5) is 14.6 Å². The van der Waals surface area contributed by atoms with Crippen LogP contribution in [-0.2, 0) is 12.8 Å². The Balaban J connectivity index is 1.61. The number of nitrogens with one attached hydrogen (secondary N) is 1. The molecule has 1 N–H and O–H groups in total. The Morgan fingerprint density at radius 2 is 1.97 bits per heavy atom. The van der Waals surface area contributed by atoms with Crippen molar-refractivity contribution in [1.82, 2.24) is 20.3 Å². The number of hydrogen-bond acceptors (Lipinski definition) is 5. The normalized spacial score (nSPS) is 18.4. The van der Waals surface area contributed by atoms with Crippen molar-refractivity contribution in [2.75, 3.05) is 24.5 Å². The largest absolute Gasteiger partial charge is 0.389 e. The van der Waals surface area contributed by atoms with Gasteiger partial charge in [-0.3, -0.25) is 4.98 Å². The number of benzene rings is 2. The Morgan fingerprint density at radius 3 is 2.82 bits per heavy atom. The van der Waals surface area contributed by atoms with Gasteiger partial charge in [-0.2, -0.15) is 0 Å². The lowest BCUT2D eigenvalue weighted by Gasteiger charge is -2.34. The van der Waals surface area contributed by atoms with Gasteiger partial charge in [-0.25, -0.2) is 18.7 Å². The van der Waals surface area contributed by atoms with E-state index in [1.807, 2.05) is 26.0 Å². The molecule has 39 heavy (non-hydrogen) atoms. The van der Waals surface area contributed by atoms with Gasteiger partial charge in [0.2, 0.25) is 0 Å². The van der Waals surface area contributed by atoms with Crippen LogP contribution in [0.25, 0.3) is 32.9 Å². The number of fused-ring (bicyclic) bond motifs is 7. The van der Waals surface area contributed by atoms with E-state index in [1.54, 1.807) is 12.3 Å². The molecule has 0 amide bonds. The van der Waals surface area contributed by atoms with Crippen LogP contribution in [0, 0.1) is 24.5 Å². The molecule has 1 saturated heterocycles. The summed E-state index contributed by atoms with van der Waals surface area (Å²) in [5, 5.41) is 5.73. The van der Waals surface area contributed by atoms with E-state index in [0.29, 0.717) is 41.1 Å². The summed E-state index contributed by atoms with van der Waals surface area (Å²) < 4.78 is 31.9. The van der Waals surface area contributed by atoms with Crippen LogP contribution >= 0.6 is 0 Å². The number of anilines is 1. The summed E-state index contributed by atoms with van der Waals surface area (Å²) in [4.78, 5) is 16.5. The van der Waals surface area contributed by atoms with Crippen molar-refractivity contribution in [3.8, 4) is 11.3 Å². The molecule has 3 aliphatic rings. The van der Waals surface area contributed by atoms with Crippen molar-refractivity contribution >= 4 is 27.5 Å². The molecule has 7 heteroatoms. The molecule has 7 rings (SSSR count). The van der Waals surface area contributed by atoms with Gasteiger partial charge in [-0.15, -0.1) is 0 Å². The second-order valence-electron chi connectivity index (χ2n) is 11.1. The zero-order valence-corrected chi connectivity index (χ0v) is 22.8. The fraction of sp³-hybridized carbons (Fsp3) is 0.406. The number of halogens is 2. The highest BCUT2D eigenvalue weighted by molar-refractivity contribution is 6.01. The fourth-order valence-corrected chi connectivity index (χ4v) is 6.28. The Bertz CT molecular complexity index is 1580. The summed E-state index contributed by atoms with van der Waals surface area (Å²) in [5.74, 6) is 1.13. The van der Waals surface area contributed by atoms with Crippen molar-refractivity contribution < 1.29 is 8.78 Å². The van der Waals surface area contributed by atoms with Crippen LogP contribution in [0.3, 0.4) is 0 Å². The number of hydrogen-bond donors (Lipinski definition) is 1. The third kappa shape index (κ3) is 4.83. The average Bonchev–Trinajstić information content (AvgIpc) is 2.93. The summed E-state index contributed by atoms with van der Waals surface area (Å²) in [6, 6.07) is 7.23. The van der Waals surface area contributed by atoms with Gasteiger partial charge in [-0.05, 0) is 85.4 Å². The molecule has 0 radical (unpaired) electrons. The van der Waals surface area contributed by atoms with Gasteiger partial charge < -0.3 is 10.2 Å². The first-order chi connectivity index (χ1) is 18.9. The first-order valence-corrected chi connectivity index (χ1v) is 14.2. The van der Waals surface area contributed by atoms with Gasteiger partial charge in [-0.1, -0.05) is 25.6 Å². The van der Waals surface area contributed by atoms with Crippen molar-refractivity contribution in [1.29, 1.82) is 0 Å². The van der Waals surface area contributed by atoms with E-state index >= 15 is 8.78 Å². The lowest BCUT2D eigenvalue weighted by Crippen LogP contribution is -2.37. The standard InChI is InChI=1S/C32H35F2N5/c1-4-27-37-31-25-17-36-30(29(31)34)24-16-19(2)15-22-10-11-26(33)23(28(22)24)9-5-7-20(3)35-13-12-21-8-6-14-39(18-21)32(25)38-27/h10-11,15-17,21,35H,3-9,12-14,18H2,1-2H3. The molecule has 5 nitrogen and oxygen atoms in total. The molecule has 0 aliphatic carbocycles. The Morgan fingerprint density at radius 1 is 1.10 bits per heavy atom. The molecule has 5 heterocycles. The van der Waals surface area contributed by atoms with Crippen LogP contribution in [0.15, 0.2) is 42.7 Å². The fourth-order valence-electron chi connectivity index (χ4n) is 6.28. The van der Waals surface area contributed by atoms with Crippen molar-refractivity contribution in [3.05, 3.63) is 71.3 Å². The molecule has 4 aromatic rings. The minimum atomic E-state index is -0.472. The summed E-state index contributed by atoms with van der Waals surface area (Å²) >= 11 is 0. The molecular weight excluding hydrogens is 492 g/mol. The van der Waals surface area contributed by atoms with E-state index in [9.17, 15) is 0 Å². The zero-order chi connectivity index (χ0) is 27.1. The van der Waals surface area contributed by atoms with Crippen molar-refractivity contribution in [3.63, 3.8) is 0 Å². The Hall–Kier alpha value is -3.61. The van der Waals surface area contributed by atoms with E-state index in [0.717, 1.165) is 79.6 Å². The summed E-state index contributed by atoms with van der Waals surface area (Å²) in [6.07, 6.45) is 7.59. The summed E-state index contributed by atoms with van der Waals surface area (Å²) in [7, 11) is 0. The van der Waals surface area contributed by atoms with Crippen molar-refractivity contribution in [2.45, 2.75) is 58.8 Å². The number of rotatable bonds is 1. The number of piperidine rings is 1. The molecule has 2 aromatic carbocycles. The smallest absolute Gasteiger partial charge is 0.175 e. The quantitative estimate of drug-likeness (QED) is 0.288. The van der Waals surface area contributed by atoms with E-state index in [1.165, 1.54) is 6.07 Å². The maximum absolute atomic E-state index is 16.5. The zero-order valence-electron chi connectivity index (χ0n) is 22.8. The maximum Gasteiger partial charge on any atom is 0.175 e. The molecule has 202 valence electrons.